The first-order chi connectivity index (χ1) is 15.4. The van der Waals surface area contributed by atoms with Crippen LogP contribution in [0.3, 0.4) is 0 Å². The molecule has 3 fully saturated rings. The number of sulfonamides is 1. The number of nitrogens with zero attached hydrogens (tertiary/aromatic N) is 2. The molecule has 32 heavy (non-hydrogen) atoms. The minimum atomic E-state index is -3.44. The van der Waals surface area contributed by atoms with Gasteiger partial charge in [0, 0.05) is 44.2 Å². The van der Waals surface area contributed by atoms with Crippen molar-refractivity contribution in [3.8, 4) is 0 Å². The predicted octanol–water partition coefficient (Wildman–Crippen LogP) is 2.77. The van der Waals surface area contributed by atoms with E-state index in [1.165, 1.54) is 34.9 Å². The van der Waals surface area contributed by atoms with Crippen molar-refractivity contribution >= 4 is 33.3 Å². The first kappa shape index (κ1) is 23.5. The molecule has 0 spiro atoms. The Balaban J connectivity index is 1.19. The monoisotopic (exact) mass is 482 g/mol. The highest BCUT2D eigenvalue weighted by Gasteiger charge is 2.35. The van der Waals surface area contributed by atoms with E-state index in [1.54, 1.807) is 17.5 Å². The zero-order chi connectivity index (χ0) is 22.6. The number of amides is 3. The van der Waals surface area contributed by atoms with Gasteiger partial charge >= 0.3 is 6.03 Å². The van der Waals surface area contributed by atoms with Crippen molar-refractivity contribution in [2.45, 2.75) is 74.1 Å². The fourth-order valence-electron chi connectivity index (χ4n) is 5.04. The van der Waals surface area contributed by atoms with Crippen molar-refractivity contribution in [3.63, 3.8) is 0 Å². The van der Waals surface area contributed by atoms with E-state index >= 15 is 0 Å². The van der Waals surface area contributed by atoms with Gasteiger partial charge in [-0.05, 0) is 50.0 Å². The van der Waals surface area contributed by atoms with Crippen molar-refractivity contribution in [2.75, 3.05) is 26.2 Å². The van der Waals surface area contributed by atoms with E-state index in [9.17, 15) is 18.0 Å². The second-order valence-electron chi connectivity index (χ2n) is 9.16. The molecule has 8 nitrogen and oxygen atoms in total. The summed E-state index contributed by atoms with van der Waals surface area (Å²) in [5.41, 5.74) is 0. The van der Waals surface area contributed by atoms with Gasteiger partial charge in [-0.15, -0.1) is 11.3 Å². The van der Waals surface area contributed by atoms with Gasteiger partial charge in [0.25, 0.3) is 10.0 Å². The number of rotatable bonds is 5. The maximum Gasteiger partial charge on any atom is 0.315 e. The SMILES string of the molecule is O=C(NC1CCCCC1)NC1CCN(C(=O)C2CCN(S(=O)(=O)c3cccs3)CC2)CC1. The summed E-state index contributed by atoms with van der Waals surface area (Å²) in [4.78, 5) is 27.2. The Morgan fingerprint density at radius 2 is 1.50 bits per heavy atom. The molecule has 0 bridgehead atoms. The summed E-state index contributed by atoms with van der Waals surface area (Å²) in [5, 5.41) is 7.94. The quantitative estimate of drug-likeness (QED) is 0.674. The fourth-order valence-corrected chi connectivity index (χ4v) is 7.66. The number of likely N-dealkylation sites (tertiary alicyclic amines) is 1. The van der Waals surface area contributed by atoms with Gasteiger partial charge in [0.2, 0.25) is 5.91 Å². The highest BCUT2D eigenvalue weighted by atomic mass is 32.2. The van der Waals surface area contributed by atoms with Gasteiger partial charge in [-0.3, -0.25) is 4.79 Å². The number of nitrogens with one attached hydrogen (secondary N) is 2. The Bertz CT molecular complexity index is 868. The molecule has 3 aliphatic rings. The van der Waals surface area contributed by atoms with Gasteiger partial charge in [-0.1, -0.05) is 25.3 Å². The maximum atomic E-state index is 13.0. The predicted molar refractivity (Wildman–Crippen MR) is 124 cm³/mol. The molecule has 1 aromatic rings. The fraction of sp³-hybridized carbons (Fsp3) is 0.727. The van der Waals surface area contributed by atoms with E-state index in [2.05, 4.69) is 10.6 Å². The lowest BCUT2D eigenvalue weighted by molar-refractivity contribution is -0.137. The molecular formula is C22H34N4O4S2. The van der Waals surface area contributed by atoms with Gasteiger partial charge in [-0.2, -0.15) is 4.31 Å². The molecule has 10 heteroatoms. The second kappa shape index (κ2) is 10.5. The van der Waals surface area contributed by atoms with Crippen molar-refractivity contribution in [2.24, 2.45) is 5.92 Å². The van der Waals surface area contributed by atoms with Crippen molar-refractivity contribution in [1.82, 2.24) is 19.8 Å². The van der Waals surface area contributed by atoms with E-state index in [4.69, 9.17) is 0 Å². The molecular weight excluding hydrogens is 448 g/mol. The Kier molecular flexibility index (Phi) is 7.73. The van der Waals surface area contributed by atoms with Gasteiger partial charge in [0.1, 0.15) is 4.21 Å². The number of hydrogen-bond donors (Lipinski definition) is 2. The van der Waals surface area contributed by atoms with E-state index < -0.39 is 10.0 Å². The molecule has 178 valence electrons. The minimum Gasteiger partial charge on any atom is -0.342 e. The number of carbonyl (C=O) groups is 2. The van der Waals surface area contributed by atoms with Gasteiger partial charge in [0.05, 0.1) is 0 Å². The molecule has 1 aliphatic carbocycles. The van der Waals surface area contributed by atoms with E-state index in [1.807, 2.05) is 4.90 Å². The lowest BCUT2D eigenvalue weighted by atomic mass is 9.94. The first-order valence-corrected chi connectivity index (χ1v) is 14.1. The molecule has 0 radical (unpaired) electrons. The third kappa shape index (κ3) is 5.63. The summed E-state index contributed by atoms with van der Waals surface area (Å²) in [6, 6.07) is 3.68. The zero-order valence-corrected chi connectivity index (χ0v) is 20.1. The van der Waals surface area contributed by atoms with Crippen LogP contribution in [0.1, 0.15) is 57.8 Å². The van der Waals surface area contributed by atoms with E-state index in [0.29, 0.717) is 49.3 Å². The third-order valence-corrected chi connectivity index (χ3v) is 10.2. The number of thiophene rings is 1. The molecule has 2 N–H and O–H groups in total. The molecule has 3 heterocycles. The normalized spacial score (nSPS) is 22.6. The van der Waals surface area contributed by atoms with E-state index in [0.717, 1.165) is 25.7 Å². The maximum absolute atomic E-state index is 13.0. The Hall–Kier alpha value is -1.65. The standard InChI is InChI=1S/C22H34N4O4S2/c27-21(17-8-14-26(15-9-17)32(29,30)20-7-4-16-31-20)25-12-10-19(11-13-25)24-22(28)23-18-5-2-1-3-6-18/h4,7,16-19H,1-3,5-6,8-15H2,(H2,23,24,28). The van der Waals surface area contributed by atoms with Crippen molar-refractivity contribution in [1.29, 1.82) is 0 Å². The number of hydrogen-bond acceptors (Lipinski definition) is 5. The highest BCUT2D eigenvalue weighted by molar-refractivity contribution is 7.91. The molecule has 4 rings (SSSR count). The van der Waals surface area contributed by atoms with Crippen LogP contribution in [0, 0.1) is 5.92 Å². The first-order valence-electron chi connectivity index (χ1n) is 11.8. The summed E-state index contributed by atoms with van der Waals surface area (Å²) >= 11 is 1.23. The van der Waals surface area contributed by atoms with Crippen molar-refractivity contribution < 1.29 is 18.0 Å². The summed E-state index contributed by atoms with van der Waals surface area (Å²) < 4.78 is 27.2. The summed E-state index contributed by atoms with van der Waals surface area (Å²) in [6.45, 7) is 2.05. The zero-order valence-electron chi connectivity index (χ0n) is 18.5. The van der Waals surface area contributed by atoms with Crippen LogP contribution in [0.5, 0.6) is 0 Å². The molecule has 3 amide bonds. The van der Waals surface area contributed by atoms with Crippen LogP contribution in [0.25, 0.3) is 0 Å². The number of urea groups is 1. The van der Waals surface area contributed by atoms with E-state index in [-0.39, 0.29) is 23.9 Å². The van der Waals surface area contributed by atoms with Crippen LogP contribution in [0.2, 0.25) is 0 Å². The largest absolute Gasteiger partial charge is 0.342 e. The van der Waals surface area contributed by atoms with Crippen molar-refractivity contribution in [3.05, 3.63) is 17.5 Å². The van der Waals surface area contributed by atoms with Gasteiger partial charge in [-0.25, -0.2) is 13.2 Å². The molecule has 0 aromatic carbocycles. The smallest absolute Gasteiger partial charge is 0.315 e. The van der Waals surface area contributed by atoms with Gasteiger partial charge in [0.15, 0.2) is 0 Å². The highest BCUT2D eigenvalue weighted by Crippen LogP contribution is 2.28. The van der Waals surface area contributed by atoms with Crippen LogP contribution in [-0.2, 0) is 14.8 Å². The topological polar surface area (TPSA) is 98.8 Å². The molecule has 1 saturated carbocycles. The molecule has 1 aromatic heterocycles. The van der Waals surface area contributed by atoms with Crippen LogP contribution in [0.4, 0.5) is 4.79 Å². The number of carbonyl (C=O) groups excluding carboxylic acids is 2. The number of piperidine rings is 2. The third-order valence-electron chi connectivity index (χ3n) is 6.97. The van der Waals surface area contributed by atoms with Crippen LogP contribution in [0.15, 0.2) is 21.7 Å². The lowest BCUT2D eigenvalue weighted by Crippen LogP contribution is -2.52. The molecule has 2 saturated heterocycles. The minimum absolute atomic E-state index is 0.0824. The summed E-state index contributed by atoms with van der Waals surface area (Å²) in [5.74, 6) is 0.00664. The van der Waals surface area contributed by atoms with Gasteiger partial charge < -0.3 is 15.5 Å². The summed E-state index contributed by atoms with van der Waals surface area (Å²) in [6.07, 6.45) is 8.40. The average Bonchev–Trinajstić information content (AvgIpc) is 3.36. The lowest BCUT2D eigenvalue weighted by Gasteiger charge is -2.37. The van der Waals surface area contributed by atoms with Crippen LogP contribution in [-0.4, -0.2) is 67.8 Å². The molecule has 0 unspecified atom stereocenters. The Morgan fingerprint density at radius 1 is 0.875 bits per heavy atom. The Morgan fingerprint density at radius 3 is 2.09 bits per heavy atom. The Labute approximate surface area is 194 Å². The average molecular weight is 483 g/mol. The molecule has 2 aliphatic heterocycles. The second-order valence-corrected chi connectivity index (χ2v) is 12.3. The molecule has 0 atom stereocenters. The summed E-state index contributed by atoms with van der Waals surface area (Å²) in [7, 11) is -3.44. The van der Waals surface area contributed by atoms with Crippen LogP contribution >= 0.6 is 11.3 Å². The van der Waals surface area contributed by atoms with Crippen LogP contribution < -0.4 is 10.6 Å².